The van der Waals surface area contributed by atoms with Crippen LogP contribution in [0.1, 0.15) is 12.6 Å². The highest BCUT2D eigenvalue weighted by atomic mass is 32.2. The van der Waals surface area contributed by atoms with Gasteiger partial charge in [0.25, 0.3) is 5.91 Å². The number of halogens is 3. The fraction of sp³-hybridized carbons (Fsp3) is 0.200. The summed E-state index contributed by atoms with van der Waals surface area (Å²) in [6, 6.07) is 13.0. The lowest BCUT2D eigenvalue weighted by Gasteiger charge is -2.28. The van der Waals surface area contributed by atoms with Gasteiger partial charge in [0.1, 0.15) is 17.3 Å². The summed E-state index contributed by atoms with van der Waals surface area (Å²) in [4.78, 5) is 15.0. The molecule has 8 nitrogen and oxygen atoms in total. The Labute approximate surface area is 211 Å². The van der Waals surface area contributed by atoms with E-state index in [1.807, 2.05) is 0 Å². The topological polar surface area (TPSA) is 93.5 Å². The fourth-order valence-electron chi connectivity index (χ4n) is 3.68. The predicted octanol–water partition coefficient (Wildman–Crippen LogP) is 4.59. The van der Waals surface area contributed by atoms with E-state index in [-0.39, 0.29) is 34.4 Å². The smallest absolute Gasteiger partial charge is 0.435 e. The van der Waals surface area contributed by atoms with Crippen LogP contribution >= 0.6 is 0 Å². The Morgan fingerprint density at radius 3 is 2.49 bits per heavy atom. The van der Waals surface area contributed by atoms with E-state index in [0.717, 1.165) is 10.7 Å². The Balaban J connectivity index is 1.68. The second-order valence-corrected chi connectivity index (χ2v) is 10.2. The maximum absolute atomic E-state index is 13.5. The van der Waals surface area contributed by atoms with E-state index in [9.17, 15) is 26.4 Å². The Kier molecular flexibility index (Phi) is 7.12. The first kappa shape index (κ1) is 26.0. The number of aromatic nitrogens is 2. The molecule has 0 spiro atoms. The zero-order valence-electron chi connectivity index (χ0n) is 19.9. The molecule has 1 aliphatic heterocycles. The van der Waals surface area contributed by atoms with Gasteiger partial charge < -0.3 is 15.0 Å². The largest absolute Gasteiger partial charge is 0.497 e. The third-order valence-electron chi connectivity index (χ3n) is 5.63. The van der Waals surface area contributed by atoms with E-state index in [2.05, 4.69) is 10.4 Å². The molecular formula is C25H23F3N4O4S. The van der Waals surface area contributed by atoms with Crippen molar-refractivity contribution in [3.8, 4) is 11.4 Å². The van der Waals surface area contributed by atoms with Gasteiger partial charge in [-0.1, -0.05) is 25.1 Å². The number of alkyl halides is 3. The van der Waals surface area contributed by atoms with Crippen LogP contribution < -0.4 is 15.0 Å². The standard InChI is InChI=1S/C25H23F3N4O4S/c1-3-37(34,35)20-8-6-7-18(15-20)31-14-5-4-9-21(31)24(33)29-23-16-22(25(26,27)28)30-32(23)17-10-12-19(36-2)13-11-17/h4-13,15-16H,3,14H2,1-2H3,(H,29,33). The maximum atomic E-state index is 13.5. The number of anilines is 2. The fourth-order valence-corrected chi connectivity index (χ4v) is 4.60. The average molecular weight is 533 g/mol. The molecule has 0 radical (unpaired) electrons. The summed E-state index contributed by atoms with van der Waals surface area (Å²) in [7, 11) is -2.03. The van der Waals surface area contributed by atoms with E-state index in [1.54, 1.807) is 41.3 Å². The number of methoxy groups -OCH3 is 1. The molecular weight excluding hydrogens is 509 g/mol. The molecule has 2 aromatic carbocycles. The number of benzene rings is 2. The normalized spacial score (nSPS) is 13.9. The predicted molar refractivity (Wildman–Crippen MR) is 132 cm³/mol. The summed E-state index contributed by atoms with van der Waals surface area (Å²) in [5.74, 6) is -0.479. The highest BCUT2D eigenvalue weighted by molar-refractivity contribution is 7.91. The molecule has 194 valence electrons. The lowest BCUT2D eigenvalue weighted by molar-refractivity contribution is -0.141. The number of hydrogen-bond donors (Lipinski definition) is 1. The number of carbonyl (C=O) groups excluding carboxylic acids is 1. The van der Waals surface area contributed by atoms with Gasteiger partial charge in [-0.3, -0.25) is 4.79 Å². The van der Waals surface area contributed by atoms with E-state index in [4.69, 9.17) is 4.74 Å². The van der Waals surface area contributed by atoms with Gasteiger partial charge in [-0.05, 0) is 48.5 Å². The Morgan fingerprint density at radius 2 is 1.84 bits per heavy atom. The highest BCUT2D eigenvalue weighted by Gasteiger charge is 2.36. The molecule has 37 heavy (non-hydrogen) atoms. The molecule has 0 aliphatic carbocycles. The molecule has 3 aromatic rings. The highest BCUT2D eigenvalue weighted by Crippen LogP contribution is 2.32. The van der Waals surface area contributed by atoms with E-state index in [1.165, 1.54) is 44.4 Å². The first-order valence-corrected chi connectivity index (χ1v) is 12.8. The quantitative estimate of drug-likeness (QED) is 0.479. The maximum Gasteiger partial charge on any atom is 0.435 e. The Morgan fingerprint density at radius 1 is 1.11 bits per heavy atom. The summed E-state index contributed by atoms with van der Waals surface area (Å²) >= 11 is 0. The molecule has 4 rings (SSSR count). The minimum absolute atomic E-state index is 0.0869. The molecule has 0 bridgehead atoms. The second kappa shape index (κ2) is 10.1. The number of sulfone groups is 1. The number of rotatable bonds is 7. The van der Waals surface area contributed by atoms with E-state index < -0.39 is 27.6 Å². The summed E-state index contributed by atoms with van der Waals surface area (Å²) < 4.78 is 71.2. The number of nitrogens with one attached hydrogen (secondary N) is 1. The van der Waals surface area contributed by atoms with Crippen LogP contribution in [-0.4, -0.2) is 43.5 Å². The van der Waals surface area contributed by atoms with Gasteiger partial charge in [0.05, 0.1) is 23.4 Å². The monoisotopic (exact) mass is 532 g/mol. The number of amides is 1. The molecule has 1 aliphatic rings. The number of hydrogen-bond acceptors (Lipinski definition) is 6. The van der Waals surface area contributed by atoms with Crippen LogP contribution in [0.5, 0.6) is 5.75 Å². The number of allylic oxidation sites excluding steroid dienone is 2. The van der Waals surface area contributed by atoms with Crippen molar-refractivity contribution < 1.29 is 31.1 Å². The molecule has 0 atom stereocenters. The molecule has 0 unspecified atom stereocenters. The van der Waals surface area contributed by atoms with Gasteiger partial charge in [0.15, 0.2) is 15.5 Å². The van der Waals surface area contributed by atoms with Crippen molar-refractivity contribution >= 4 is 27.2 Å². The van der Waals surface area contributed by atoms with Crippen molar-refractivity contribution in [3.05, 3.63) is 84.2 Å². The van der Waals surface area contributed by atoms with Crippen LogP contribution in [0.4, 0.5) is 24.7 Å². The average Bonchev–Trinajstić information content (AvgIpc) is 3.33. The number of nitrogens with zero attached hydrogens (tertiary/aromatic N) is 3. The van der Waals surface area contributed by atoms with E-state index >= 15 is 0 Å². The van der Waals surface area contributed by atoms with Crippen LogP contribution in [0.3, 0.4) is 0 Å². The van der Waals surface area contributed by atoms with Crippen molar-refractivity contribution in [3.63, 3.8) is 0 Å². The lowest BCUT2D eigenvalue weighted by Crippen LogP contribution is -2.33. The molecule has 12 heteroatoms. The van der Waals surface area contributed by atoms with Crippen molar-refractivity contribution in [2.75, 3.05) is 29.6 Å². The van der Waals surface area contributed by atoms with Crippen molar-refractivity contribution in [1.82, 2.24) is 9.78 Å². The molecule has 0 fully saturated rings. The minimum atomic E-state index is -4.73. The number of ether oxygens (including phenoxy) is 1. The van der Waals surface area contributed by atoms with Gasteiger partial charge in [-0.2, -0.15) is 18.3 Å². The summed E-state index contributed by atoms with van der Waals surface area (Å²) in [6.45, 7) is 1.78. The molecule has 0 saturated heterocycles. The third kappa shape index (κ3) is 5.53. The third-order valence-corrected chi connectivity index (χ3v) is 7.36. The van der Waals surface area contributed by atoms with Crippen LogP contribution in [0, 0.1) is 0 Å². The summed E-state index contributed by atoms with van der Waals surface area (Å²) in [5.41, 5.74) is -0.339. The first-order valence-electron chi connectivity index (χ1n) is 11.1. The molecule has 0 saturated carbocycles. The zero-order chi connectivity index (χ0) is 26.8. The minimum Gasteiger partial charge on any atom is -0.497 e. The van der Waals surface area contributed by atoms with Crippen LogP contribution in [0.15, 0.2) is 83.4 Å². The van der Waals surface area contributed by atoms with Crippen molar-refractivity contribution in [2.24, 2.45) is 0 Å². The van der Waals surface area contributed by atoms with Crippen LogP contribution in [-0.2, 0) is 20.8 Å². The Bertz CT molecular complexity index is 1480. The van der Waals surface area contributed by atoms with Crippen molar-refractivity contribution in [2.45, 2.75) is 18.0 Å². The van der Waals surface area contributed by atoms with Gasteiger partial charge in [-0.15, -0.1) is 0 Å². The number of carbonyl (C=O) groups is 1. The van der Waals surface area contributed by atoms with Crippen molar-refractivity contribution in [1.29, 1.82) is 0 Å². The second-order valence-electron chi connectivity index (χ2n) is 7.97. The first-order chi connectivity index (χ1) is 17.5. The Hall–Kier alpha value is -4.06. The molecule has 1 amide bonds. The van der Waals surface area contributed by atoms with Crippen LogP contribution in [0.2, 0.25) is 0 Å². The lowest BCUT2D eigenvalue weighted by atomic mass is 10.2. The van der Waals surface area contributed by atoms with Gasteiger partial charge in [0, 0.05) is 18.3 Å². The molecule has 2 heterocycles. The summed E-state index contributed by atoms with van der Waals surface area (Å²) in [6.07, 6.45) is 0.168. The van der Waals surface area contributed by atoms with Gasteiger partial charge in [0.2, 0.25) is 0 Å². The van der Waals surface area contributed by atoms with Crippen LogP contribution in [0.25, 0.3) is 5.69 Å². The van der Waals surface area contributed by atoms with E-state index in [0.29, 0.717) is 11.4 Å². The zero-order valence-corrected chi connectivity index (χ0v) is 20.7. The molecule has 1 N–H and O–H groups in total. The van der Waals surface area contributed by atoms with Gasteiger partial charge >= 0.3 is 6.18 Å². The SMILES string of the molecule is CCS(=O)(=O)c1cccc(N2CC=CC=C2C(=O)Nc2cc(C(F)(F)F)nn2-c2ccc(OC)cc2)c1. The molecule has 1 aromatic heterocycles. The van der Waals surface area contributed by atoms with Gasteiger partial charge in [-0.25, -0.2) is 13.1 Å². The summed E-state index contributed by atoms with van der Waals surface area (Å²) in [5, 5.41) is 6.18.